The molecule has 6 unspecified atom stereocenters. The van der Waals surface area contributed by atoms with Crippen LogP contribution in [0.5, 0.6) is 0 Å². The van der Waals surface area contributed by atoms with E-state index in [1.165, 1.54) is 17.6 Å². The van der Waals surface area contributed by atoms with Gasteiger partial charge in [-0.1, -0.05) is 37.3 Å². The zero-order valence-electron chi connectivity index (χ0n) is 17.8. The molecule has 11 nitrogen and oxygen atoms in total. The molecular formula is C20H25N6O5P. The number of nitrogens with one attached hydrogen (secondary N) is 2. The normalized spacial score (nSPS) is 33.2. The number of aliphatic hydroxyl groups is 1. The second kappa shape index (κ2) is 6.97. The van der Waals surface area contributed by atoms with E-state index in [-0.39, 0.29) is 17.1 Å². The fourth-order valence-corrected chi connectivity index (χ4v) is 5.77. The molecule has 0 radical (unpaired) electrons. The van der Waals surface area contributed by atoms with Gasteiger partial charge < -0.3 is 20.1 Å². The molecule has 1 saturated heterocycles. The zero-order valence-corrected chi connectivity index (χ0v) is 18.7. The SMILES string of the molecule is CC1(O)C(n2cnc3c(=O)[nH]c(N)nc32)OC2C(OP(C)(=O)NCc3ccccc3)C21C. The largest absolute Gasteiger partial charge is 0.385 e. The summed E-state index contributed by atoms with van der Waals surface area (Å²) in [7, 11) is -3.17. The standard InChI is InChI=1S/C20H25N6O5P/c1-19-13(14(19)31-32(3,29)23-9-11-7-5-4-6-8-11)30-17(20(19,2)28)26-10-22-12-15(26)24-18(21)25-16(12)27/h4-8,10,13-14,17,28H,9H2,1-3H3,(H,23,29)(H3,21,24,25,27). The molecule has 1 aliphatic carbocycles. The van der Waals surface area contributed by atoms with E-state index in [0.29, 0.717) is 6.54 Å². The molecule has 12 heteroatoms. The van der Waals surface area contributed by atoms with E-state index in [1.807, 2.05) is 37.3 Å². The number of hydrogen-bond donors (Lipinski definition) is 4. The molecule has 5 N–H and O–H groups in total. The Kier molecular flexibility index (Phi) is 4.64. The lowest BCUT2D eigenvalue weighted by Crippen LogP contribution is -2.43. The van der Waals surface area contributed by atoms with Crippen molar-refractivity contribution in [2.24, 2.45) is 5.41 Å². The molecule has 1 saturated carbocycles. The number of aromatic amines is 1. The van der Waals surface area contributed by atoms with Crippen LogP contribution in [0.25, 0.3) is 11.2 Å². The van der Waals surface area contributed by atoms with Gasteiger partial charge in [0.2, 0.25) is 5.95 Å². The first kappa shape index (κ1) is 21.3. The number of nitrogen functional groups attached to an aromatic ring is 1. The summed E-state index contributed by atoms with van der Waals surface area (Å²) in [4.78, 5) is 22.7. The summed E-state index contributed by atoms with van der Waals surface area (Å²) >= 11 is 0. The van der Waals surface area contributed by atoms with Crippen molar-refractivity contribution in [3.05, 3.63) is 52.6 Å². The Morgan fingerprint density at radius 2 is 2.09 bits per heavy atom. The monoisotopic (exact) mass is 460 g/mol. The van der Waals surface area contributed by atoms with Gasteiger partial charge in [-0.05, 0) is 12.5 Å². The third-order valence-electron chi connectivity index (χ3n) is 6.63. The number of ether oxygens (including phenoxy) is 1. The quantitative estimate of drug-likeness (QED) is 0.399. The Morgan fingerprint density at radius 1 is 1.38 bits per heavy atom. The highest BCUT2D eigenvalue weighted by molar-refractivity contribution is 7.56. The Morgan fingerprint density at radius 3 is 2.75 bits per heavy atom. The van der Waals surface area contributed by atoms with E-state index in [0.717, 1.165) is 5.56 Å². The van der Waals surface area contributed by atoms with E-state index >= 15 is 0 Å². The van der Waals surface area contributed by atoms with E-state index in [2.05, 4.69) is 20.0 Å². The molecule has 170 valence electrons. The molecular weight excluding hydrogens is 435 g/mol. The van der Waals surface area contributed by atoms with Crippen LogP contribution in [0.15, 0.2) is 41.5 Å². The highest BCUT2D eigenvalue weighted by Gasteiger charge is 2.81. The number of anilines is 1. The average molecular weight is 460 g/mol. The highest BCUT2D eigenvalue weighted by Crippen LogP contribution is 2.69. The van der Waals surface area contributed by atoms with Gasteiger partial charge in [-0.25, -0.2) is 10.1 Å². The minimum Gasteiger partial charge on any atom is -0.385 e. The number of aromatic nitrogens is 4. The molecule has 3 aromatic rings. The molecule has 2 aliphatic rings. The predicted octanol–water partition coefficient (Wildman–Crippen LogP) is 1.37. The van der Waals surface area contributed by atoms with Crippen molar-refractivity contribution >= 4 is 24.6 Å². The van der Waals surface area contributed by atoms with Gasteiger partial charge in [0.1, 0.15) is 11.7 Å². The number of H-pyrrole nitrogens is 1. The first-order valence-corrected chi connectivity index (χ1v) is 12.3. The van der Waals surface area contributed by atoms with Crippen molar-refractivity contribution < 1.29 is 18.9 Å². The minimum absolute atomic E-state index is 0.0594. The van der Waals surface area contributed by atoms with Crippen molar-refractivity contribution in [3.63, 3.8) is 0 Å². The van der Waals surface area contributed by atoms with E-state index < -0.39 is 42.5 Å². The van der Waals surface area contributed by atoms with Crippen molar-refractivity contribution in [2.75, 3.05) is 12.4 Å². The van der Waals surface area contributed by atoms with Crippen molar-refractivity contribution in [1.82, 2.24) is 24.6 Å². The fraction of sp³-hybridized carbons (Fsp3) is 0.450. The van der Waals surface area contributed by atoms with Gasteiger partial charge >= 0.3 is 0 Å². The third kappa shape index (κ3) is 3.12. The maximum atomic E-state index is 13.0. The van der Waals surface area contributed by atoms with Gasteiger partial charge in [0.05, 0.1) is 17.8 Å². The molecule has 2 aromatic heterocycles. The molecule has 32 heavy (non-hydrogen) atoms. The lowest BCUT2D eigenvalue weighted by molar-refractivity contribution is -0.130. The number of hydrogen-bond acceptors (Lipinski definition) is 8. The van der Waals surface area contributed by atoms with E-state index in [1.54, 1.807) is 6.92 Å². The fourth-order valence-electron chi connectivity index (χ4n) is 4.46. The first-order chi connectivity index (χ1) is 15.0. The second-order valence-electron chi connectivity index (χ2n) is 8.81. The van der Waals surface area contributed by atoms with Crippen LogP contribution >= 0.6 is 7.52 Å². The summed E-state index contributed by atoms with van der Waals surface area (Å²) in [5.74, 6) is -0.0594. The van der Waals surface area contributed by atoms with Crippen molar-refractivity contribution in [3.8, 4) is 0 Å². The maximum Gasteiger partial charge on any atom is 0.280 e. The van der Waals surface area contributed by atoms with Gasteiger partial charge in [-0.3, -0.25) is 18.9 Å². The van der Waals surface area contributed by atoms with Crippen LogP contribution in [-0.4, -0.2) is 49.1 Å². The van der Waals surface area contributed by atoms with Gasteiger partial charge in [0, 0.05) is 13.2 Å². The number of nitrogens with zero attached hydrogens (tertiary/aromatic N) is 3. The van der Waals surface area contributed by atoms with Gasteiger partial charge in [0.15, 0.2) is 17.4 Å². The van der Waals surface area contributed by atoms with Crippen LogP contribution in [0.3, 0.4) is 0 Å². The third-order valence-corrected chi connectivity index (χ3v) is 7.99. The Labute approximate surface area is 183 Å². The van der Waals surface area contributed by atoms with Crippen LogP contribution in [-0.2, 0) is 20.4 Å². The molecule has 1 aromatic carbocycles. The summed E-state index contributed by atoms with van der Waals surface area (Å²) < 4.78 is 26.6. The van der Waals surface area contributed by atoms with Gasteiger partial charge in [-0.15, -0.1) is 0 Å². The molecule has 0 amide bonds. The highest BCUT2D eigenvalue weighted by atomic mass is 31.2. The summed E-state index contributed by atoms with van der Waals surface area (Å²) in [6.07, 6.45) is -0.540. The Bertz CT molecular complexity index is 1290. The zero-order chi connectivity index (χ0) is 22.9. The Hall–Kier alpha value is -2.56. The van der Waals surface area contributed by atoms with Gasteiger partial charge in [0.25, 0.3) is 13.1 Å². The summed E-state index contributed by atoms with van der Waals surface area (Å²) in [5.41, 5.74) is 4.25. The molecule has 5 rings (SSSR count). The molecule has 0 spiro atoms. The molecule has 1 aliphatic heterocycles. The number of benzene rings is 1. The minimum atomic E-state index is -3.17. The van der Waals surface area contributed by atoms with Gasteiger partial charge in [-0.2, -0.15) is 4.98 Å². The summed E-state index contributed by atoms with van der Waals surface area (Å²) in [5, 5.41) is 14.4. The molecule has 6 atom stereocenters. The maximum absolute atomic E-state index is 13.0. The van der Waals surface area contributed by atoms with Crippen LogP contribution in [0.4, 0.5) is 5.95 Å². The lowest BCUT2D eigenvalue weighted by atomic mass is 9.86. The first-order valence-electron chi connectivity index (χ1n) is 10.2. The lowest BCUT2D eigenvalue weighted by Gasteiger charge is -2.34. The number of rotatable bonds is 6. The van der Waals surface area contributed by atoms with Crippen LogP contribution < -0.4 is 16.4 Å². The smallest absolute Gasteiger partial charge is 0.280 e. The number of nitrogens with two attached hydrogens (primary N) is 1. The molecule has 0 bridgehead atoms. The molecule has 2 fully saturated rings. The van der Waals surface area contributed by atoms with E-state index in [4.69, 9.17) is 15.0 Å². The summed E-state index contributed by atoms with van der Waals surface area (Å²) in [6, 6.07) is 9.59. The second-order valence-corrected chi connectivity index (χ2v) is 11.0. The van der Waals surface area contributed by atoms with E-state index in [9.17, 15) is 14.5 Å². The van der Waals surface area contributed by atoms with Crippen molar-refractivity contribution in [2.45, 2.75) is 44.4 Å². The topological polar surface area (TPSA) is 157 Å². The number of fused-ring (bicyclic) bond motifs is 2. The van der Waals surface area contributed by atoms with Crippen LogP contribution in [0.1, 0.15) is 25.6 Å². The van der Waals surface area contributed by atoms with Crippen molar-refractivity contribution in [1.29, 1.82) is 0 Å². The predicted molar refractivity (Wildman–Crippen MR) is 117 cm³/mol. The molecule has 3 heterocycles. The average Bonchev–Trinajstić information content (AvgIpc) is 3.00. The van der Waals surface area contributed by atoms with Crippen LogP contribution in [0.2, 0.25) is 0 Å². The Balaban J connectivity index is 1.35. The summed E-state index contributed by atoms with van der Waals surface area (Å²) in [6.45, 7) is 5.36. The number of imidazole rings is 1. The van der Waals surface area contributed by atoms with Crippen LogP contribution in [0, 0.1) is 5.41 Å².